The largest absolute Gasteiger partial charge is 0.324 e. The van der Waals surface area contributed by atoms with Crippen LogP contribution < -0.4 is 10.9 Å². The predicted octanol–water partition coefficient (Wildman–Crippen LogP) is 4.43. The number of carbonyl (C=O) groups excluding carboxylic acids is 1. The van der Waals surface area contributed by atoms with Crippen LogP contribution in [0.2, 0.25) is 0 Å². The maximum Gasteiger partial charge on any atom is 0.267 e. The van der Waals surface area contributed by atoms with Crippen LogP contribution in [0.4, 0.5) is 5.69 Å². The number of carbonyl (C=O) groups is 1. The minimum Gasteiger partial charge on any atom is -0.324 e. The van der Waals surface area contributed by atoms with Crippen molar-refractivity contribution in [1.82, 2.24) is 9.78 Å². The SMILES string of the molecule is CC[C@@H](C(=O)Nc1cccc(C)c1C)n1nc(-c2ccc(C)cc2)ccc1=O. The third-order valence-electron chi connectivity index (χ3n) is 5.02. The fraction of sp³-hybridized carbons (Fsp3) is 0.261. The average Bonchev–Trinajstić information content (AvgIpc) is 2.68. The van der Waals surface area contributed by atoms with Gasteiger partial charge >= 0.3 is 0 Å². The van der Waals surface area contributed by atoms with E-state index in [1.165, 1.54) is 10.7 Å². The van der Waals surface area contributed by atoms with E-state index < -0.39 is 6.04 Å². The lowest BCUT2D eigenvalue weighted by Crippen LogP contribution is -2.34. The Kier molecular flexibility index (Phi) is 5.73. The Morgan fingerprint density at radius 2 is 1.75 bits per heavy atom. The molecule has 0 aliphatic carbocycles. The Bertz CT molecular complexity index is 1050. The molecular formula is C23H25N3O2. The van der Waals surface area contributed by atoms with Crippen molar-refractivity contribution in [3.8, 4) is 11.3 Å². The van der Waals surface area contributed by atoms with Gasteiger partial charge in [-0.15, -0.1) is 0 Å². The van der Waals surface area contributed by atoms with Crippen molar-refractivity contribution in [2.24, 2.45) is 0 Å². The van der Waals surface area contributed by atoms with Crippen molar-refractivity contribution in [2.45, 2.75) is 40.2 Å². The lowest BCUT2D eigenvalue weighted by atomic mass is 10.1. The highest BCUT2D eigenvalue weighted by Gasteiger charge is 2.22. The first kappa shape index (κ1) is 19.5. The van der Waals surface area contributed by atoms with Gasteiger partial charge in [0, 0.05) is 17.3 Å². The van der Waals surface area contributed by atoms with Crippen LogP contribution in [0.15, 0.2) is 59.4 Å². The summed E-state index contributed by atoms with van der Waals surface area (Å²) in [6, 6.07) is 16.2. The molecular weight excluding hydrogens is 350 g/mol. The number of nitrogens with one attached hydrogen (secondary N) is 1. The third kappa shape index (κ3) is 4.03. The molecule has 0 radical (unpaired) electrons. The molecule has 3 rings (SSSR count). The fourth-order valence-electron chi connectivity index (χ4n) is 3.10. The molecule has 28 heavy (non-hydrogen) atoms. The van der Waals surface area contributed by atoms with Crippen LogP contribution in [0.1, 0.15) is 36.1 Å². The zero-order valence-corrected chi connectivity index (χ0v) is 16.7. The van der Waals surface area contributed by atoms with Gasteiger partial charge in [-0.1, -0.05) is 48.9 Å². The Hall–Kier alpha value is -3.21. The van der Waals surface area contributed by atoms with E-state index in [0.717, 1.165) is 27.9 Å². The number of amides is 1. The van der Waals surface area contributed by atoms with Crippen LogP contribution in [-0.2, 0) is 4.79 Å². The molecule has 1 aromatic heterocycles. The molecule has 1 N–H and O–H groups in total. The molecule has 0 spiro atoms. The number of aromatic nitrogens is 2. The third-order valence-corrected chi connectivity index (χ3v) is 5.02. The number of benzene rings is 2. The first-order valence-corrected chi connectivity index (χ1v) is 9.44. The van der Waals surface area contributed by atoms with Gasteiger partial charge in [-0.25, -0.2) is 4.68 Å². The highest BCUT2D eigenvalue weighted by Crippen LogP contribution is 2.21. The minimum absolute atomic E-state index is 0.244. The van der Waals surface area contributed by atoms with Gasteiger partial charge < -0.3 is 5.32 Å². The summed E-state index contributed by atoms with van der Waals surface area (Å²) in [4.78, 5) is 25.4. The van der Waals surface area contributed by atoms with Gasteiger partial charge in [0.15, 0.2) is 0 Å². The van der Waals surface area contributed by atoms with Gasteiger partial charge in [-0.2, -0.15) is 5.10 Å². The van der Waals surface area contributed by atoms with E-state index in [2.05, 4.69) is 10.4 Å². The molecule has 0 aliphatic heterocycles. The summed E-state index contributed by atoms with van der Waals surface area (Å²) in [5, 5.41) is 7.45. The Morgan fingerprint density at radius 3 is 2.43 bits per heavy atom. The number of rotatable bonds is 5. The number of hydrogen-bond acceptors (Lipinski definition) is 3. The topological polar surface area (TPSA) is 64.0 Å². The highest BCUT2D eigenvalue weighted by atomic mass is 16.2. The summed E-state index contributed by atoms with van der Waals surface area (Å²) in [5.41, 5.74) is 5.30. The summed E-state index contributed by atoms with van der Waals surface area (Å²) in [7, 11) is 0. The summed E-state index contributed by atoms with van der Waals surface area (Å²) < 4.78 is 1.29. The van der Waals surface area contributed by atoms with E-state index in [4.69, 9.17) is 0 Å². The standard InChI is InChI=1S/C23H25N3O2/c1-5-21(23(28)24-19-8-6-7-16(3)17(19)4)26-22(27)14-13-20(25-26)18-11-9-15(2)10-12-18/h6-14,21H,5H2,1-4H3,(H,24,28)/t21-/m0/s1. The second kappa shape index (κ2) is 8.21. The van der Waals surface area contributed by atoms with Crippen LogP contribution in [0, 0.1) is 20.8 Å². The molecule has 0 fully saturated rings. The molecule has 2 aromatic carbocycles. The fourth-order valence-corrected chi connectivity index (χ4v) is 3.10. The minimum atomic E-state index is -0.683. The Labute approximate surface area is 165 Å². The Balaban J connectivity index is 1.94. The van der Waals surface area contributed by atoms with Crippen molar-refractivity contribution in [1.29, 1.82) is 0 Å². The van der Waals surface area contributed by atoms with Crippen molar-refractivity contribution in [3.05, 3.63) is 81.6 Å². The van der Waals surface area contributed by atoms with E-state index in [0.29, 0.717) is 12.1 Å². The Morgan fingerprint density at radius 1 is 1.04 bits per heavy atom. The lowest BCUT2D eigenvalue weighted by molar-refractivity contribution is -0.119. The maximum atomic E-state index is 12.9. The average molecular weight is 375 g/mol. The molecule has 0 bridgehead atoms. The summed E-state index contributed by atoms with van der Waals surface area (Å²) in [5.74, 6) is -0.244. The molecule has 3 aromatic rings. The number of nitrogens with zero attached hydrogens (tertiary/aromatic N) is 2. The predicted molar refractivity (Wildman–Crippen MR) is 113 cm³/mol. The molecule has 0 saturated carbocycles. The molecule has 1 heterocycles. The van der Waals surface area contributed by atoms with Gasteiger partial charge in [-0.3, -0.25) is 9.59 Å². The molecule has 0 unspecified atom stereocenters. The van der Waals surface area contributed by atoms with Gasteiger partial charge in [0.05, 0.1) is 5.69 Å². The zero-order valence-electron chi connectivity index (χ0n) is 16.7. The first-order chi connectivity index (χ1) is 13.4. The lowest BCUT2D eigenvalue weighted by Gasteiger charge is -2.19. The van der Waals surface area contributed by atoms with Crippen LogP contribution >= 0.6 is 0 Å². The summed E-state index contributed by atoms with van der Waals surface area (Å²) >= 11 is 0. The highest BCUT2D eigenvalue weighted by molar-refractivity contribution is 5.94. The quantitative estimate of drug-likeness (QED) is 0.718. The summed E-state index contributed by atoms with van der Waals surface area (Å²) in [6.07, 6.45) is 0.459. The van der Waals surface area contributed by atoms with Crippen LogP contribution in [0.25, 0.3) is 11.3 Å². The van der Waals surface area contributed by atoms with Crippen molar-refractivity contribution < 1.29 is 4.79 Å². The van der Waals surface area contributed by atoms with Crippen molar-refractivity contribution in [2.75, 3.05) is 5.32 Å². The molecule has 1 amide bonds. The zero-order chi connectivity index (χ0) is 20.3. The molecule has 5 nitrogen and oxygen atoms in total. The van der Waals surface area contributed by atoms with E-state index in [9.17, 15) is 9.59 Å². The second-order valence-electron chi connectivity index (χ2n) is 7.03. The second-order valence-corrected chi connectivity index (χ2v) is 7.03. The normalized spacial score (nSPS) is 11.9. The van der Waals surface area contributed by atoms with Crippen molar-refractivity contribution in [3.63, 3.8) is 0 Å². The maximum absolute atomic E-state index is 12.9. The number of aryl methyl sites for hydroxylation is 2. The molecule has 0 aliphatic rings. The van der Waals surface area contributed by atoms with E-state index in [1.807, 2.05) is 70.2 Å². The molecule has 1 atom stereocenters. The van der Waals surface area contributed by atoms with Gasteiger partial charge in [-0.05, 0) is 50.5 Å². The van der Waals surface area contributed by atoms with Crippen LogP contribution in [0.3, 0.4) is 0 Å². The van der Waals surface area contributed by atoms with Gasteiger partial charge in [0.25, 0.3) is 5.56 Å². The van der Waals surface area contributed by atoms with Crippen LogP contribution in [-0.4, -0.2) is 15.7 Å². The van der Waals surface area contributed by atoms with Gasteiger partial charge in [0.2, 0.25) is 5.91 Å². The smallest absolute Gasteiger partial charge is 0.267 e. The molecule has 0 saturated heterocycles. The van der Waals surface area contributed by atoms with E-state index >= 15 is 0 Å². The first-order valence-electron chi connectivity index (χ1n) is 9.44. The van der Waals surface area contributed by atoms with Crippen LogP contribution in [0.5, 0.6) is 0 Å². The van der Waals surface area contributed by atoms with Gasteiger partial charge in [0.1, 0.15) is 6.04 Å². The van der Waals surface area contributed by atoms with Crippen molar-refractivity contribution >= 4 is 11.6 Å². The number of hydrogen-bond donors (Lipinski definition) is 1. The van der Waals surface area contributed by atoms with E-state index in [1.54, 1.807) is 6.07 Å². The summed E-state index contributed by atoms with van der Waals surface area (Å²) in [6.45, 7) is 7.86. The van der Waals surface area contributed by atoms with E-state index in [-0.39, 0.29) is 11.5 Å². The molecule has 5 heteroatoms. The number of anilines is 1. The molecule has 144 valence electrons. The monoisotopic (exact) mass is 375 g/mol.